The van der Waals surface area contributed by atoms with Crippen molar-refractivity contribution in [3.63, 3.8) is 0 Å². The van der Waals surface area contributed by atoms with E-state index in [9.17, 15) is 37.1 Å². The molecule has 0 spiro atoms. The lowest BCUT2D eigenvalue weighted by Gasteiger charge is -2.28. The van der Waals surface area contributed by atoms with Crippen LogP contribution in [0.5, 0.6) is 5.88 Å². The summed E-state index contributed by atoms with van der Waals surface area (Å²) in [7, 11) is -2.12. The molecule has 2 aliphatic heterocycles. The number of carbonyl (C=O) groups is 3. The van der Waals surface area contributed by atoms with E-state index in [2.05, 4.69) is 40.6 Å². The number of aliphatic imine (C=N–C) groups is 1. The molecular weight excluding hydrogens is 1060 g/mol. The number of amidine groups is 1. The predicted octanol–water partition coefficient (Wildman–Crippen LogP) is 6.88. The number of hydrogen-bond donors (Lipinski definition) is 4. The third-order valence-electron chi connectivity index (χ3n) is 16.1. The average Bonchev–Trinajstić information content (AvgIpc) is 4.32. The molecule has 22 heteroatoms. The number of Topliss-reactive ketones (excluding diaryl/α,β-unsaturated/α-hetero) is 1. The van der Waals surface area contributed by atoms with Crippen LogP contribution in [0.25, 0.3) is 32.5 Å². The maximum absolute atomic E-state index is 15.7. The number of carbonyl (C=O) groups excluding carboxylic acids is 3. The van der Waals surface area contributed by atoms with E-state index in [4.69, 9.17) is 9.26 Å². The molecule has 2 aliphatic carbocycles. The number of ether oxygens (including phenoxy) is 1. The number of aliphatic hydroxyl groups excluding tert-OH is 1. The highest BCUT2D eigenvalue weighted by Crippen LogP contribution is 2.46. The lowest BCUT2D eigenvalue weighted by Crippen LogP contribution is -2.45. The number of nitrogens with zero attached hydrogens (tertiary/aromatic N) is 6. The minimum atomic E-state index is -3.71. The van der Waals surface area contributed by atoms with E-state index in [0.717, 1.165) is 40.2 Å². The van der Waals surface area contributed by atoms with Crippen molar-refractivity contribution in [1.29, 1.82) is 0 Å². The number of aliphatic hydroxyl groups is 1. The highest BCUT2D eigenvalue weighted by Gasteiger charge is 2.50. The van der Waals surface area contributed by atoms with Gasteiger partial charge in [-0.2, -0.15) is 4.99 Å². The summed E-state index contributed by atoms with van der Waals surface area (Å²) in [6.45, 7) is 9.20. The van der Waals surface area contributed by atoms with Crippen LogP contribution in [0.2, 0.25) is 0 Å². The van der Waals surface area contributed by atoms with E-state index >= 15 is 4.39 Å². The molecule has 4 N–H and O–H groups in total. The third kappa shape index (κ3) is 10.2. The molecule has 11 rings (SSSR count). The maximum Gasteiger partial charge on any atom is 0.277 e. The van der Waals surface area contributed by atoms with Crippen LogP contribution >= 0.6 is 11.3 Å². The van der Waals surface area contributed by atoms with E-state index in [1.807, 2.05) is 45.0 Å². The standard InChI is InChI=1S/C57H59F2N9O9S2/c1-28(2)47(51(70)41-18-36(69)19-42(41)53-64-56(73)57(4,65-53)33-9-7-30(8-10-33)52-29(3)62-27-78-52)45-21-46(66-77-45)76-14-13-68-12-11-35(24-68)63-54(71)37-20-39-38(16-32(37)26-79(6,74)75)43-25-67(5)55(72)50-48(43)31(22-60-50)15-40(39)49-44(59)17-34(58)23-61-49/h7-10,16-17,20-23,25,27-28,35-36,40-42,47,60,69H,11-15,18-19,24,26H2,1-6H3,(H,63,71)(H,64,65,73)/t35-,36-,40?,41?,42+,47+,57-/m0/s1. The van der Waals surface area contributed by atoms with E-state index in [-0.39, 0.29) is 77.8 Å². The smallest absolute Gasteiger partial charge is 0.277 e. The van der Waals surface area contributed by atoms with Crippen LogP contribution in [0.15, 0.2) is 86.9 Å². The molecule has 0 bridgehead atoms. The van der Waals surface area contributed by atoms with Crippen LogP contribution in [-0.2, 0) is 44.2 Å². The number of aromatic nitrogens is 5. The van der Waals surface area contributed by atoms with Crippen LogP contribution in [0.4, 0.5) is 8.78 Å². The van der Waals surface area contributed by atoms with Gasteiger partial charge in [0.1, 0.15) is 40.9 Å². The lowest BCUT2D eigenvalue weighted by atomic mass is 9.78. The van der Waals surface area contributed by atoms with Gasteiger partial charge in [0.2, 0.25) is 0 Å². The summed E-state index contributed by atoms with van der Waals surface area (Å²) in [6, 6.07) is 12.9. The monoisotopic (exact) mass is 1120 g/mol. The van der Waals surface area contributed by atoms with E-state index < -0.39 is 68.4 Å². The molecule has 4 aliphatic rings. The number of likely N-dealkylation sites (tertiary alicyclic amines) is 1. The van der Waals surface area contributed by atoms with E-state index in [1.54, 1.807) is 61.4 Å². The summed E-state index contributed by atoms with van der Waals surface area (Å²) in [6.07, 6.45) is 5.67. The number of aromatic amines is 1. The van der Waals surface area contributed by atoms with Crippen molar-refractivity contribution in [2.24, 2.45) is 29.8 Å². The Morgan fingerprint density at radius 2 is 1.86 bits per heavy atom. The number of amides is 2. The second-order valence-electron chi connectivity index (χ2n) is 22.0. The first-order chi connectivity index (χ1) is 37.6. The second-order valence-corrected chi connectivity index (χ2v) is 25.0. The summed E-state index contributed by atoms with van der Waals surface area (Å²) >= 11 is 1.54. The zero-order chi connectivity index (χ0) is 55.8. The average molecular weight is 1120 g/mol. The Balaban J connectivity index is 0.753. The summed E-state index contributed by atoms with van der Waals surface area (Å²) < 4.78 is 69.2. The zero-order valence-corrected chi connectivity index (χ0v) is 45.9. The summed E-state index contributed by atoms with van der Waals surface area (Å²) in [5, 5.41) is 22.2. The van der Waals surface area contributed by atoms with Crippen molar-refractivity contribution in [3.8, 4) is 27.4 Å². The van der Waals surface area contributed by atoms with Crippen molar-refractivity contribution in [3.05, 3.63) is 140 Å². The number of pyridine rings is 2. The molecule has 18 nitrogen and oxygen atoms in total. The maximum atomic E-state index is 15.7. The molecule has 5 aromatic heterocycles. The van der Waals surface area contributed by atoms with E-state index in [1.165, 1.54) is 4.57 Å². The molecule has 7 heterocycles. The summed E-state index contributed by atoms with van der Waals surface area (Å²) in [4.78, 5) is 75.2. The largest absolute Gasteiger partial charge is 0.474 e. The highest BCUT2D eigenvalue weighted by molar-refractivity contribution is 7.89. The lowest BCUT2D eigenvalue weighted by molar-refractivity contribution is -0.126. The molecule has 1 saturated heterocycles. The molecular formula is C57H59F2N9O9S2. The third-order valence-corrected chi connectivity index (χ3v) is 17.9. The van der Waals surface area contributed by atoms with Gasteiger partial charge in [0, 0.05) is 97.8 Å². The van der Waals surface area contributed by atoms with Crippen molar-refractivity contribution in [2.75, 3.05) is 32.5 Å². The topological polar surface area (TPSA) is 244 Å². The predicted molar refractivity (Wildman–Crippen MR) is 292 cm³/mol. The Labute approximate surface area is 457 Å². The van der Waals surface area contributed by atoms with Gasteiger partial charge in [-0.25, -0.2) is 22.2 Å². The first kappa shape index (κ1) is 53.7. The van der Waals surface area contributed by atoms with Crippen LogP contribution < -0.4 is 20.9 Å². The van der Waals surface area contributed by atoms with Gasteiger partial charge in [-0.1, -0.05) is 38.1 Å². The van der Waals surface area contributed by atoms with Gasteiger partial charge in [-0.3, -0.25) is 29.1 Å². The number of fused-ring (bicyclic) bond motifs is 2. The van der Waals surface area contributed by atoms with Crippen molar-refractivity contribution in [2.45, 2.75) is 88.7 Å². The van der Waals surface area contributed by atoms with Gasteiger partial charge in [0.05, 0.1) is 45.7 Å². The normalized spacial score (nSPS) is 22.5. The minimum Gasteiger partial charge on any atom is -0.474 e. The Kier molecular flexibility index (Phi) is 14.1. The molecule has 7 atom stereocenters. The van der Waals surface area contributed by atoms with Gasteiger partial charge in [0.25, 0.3) is 23.3 Å². The molecule has 2 unspecified atom stereocenters. The van der Waals surface area contributed by atoms with Crippen LogP contribution in [0.1, 0.15) is 102 Å². The fourth-order valence-electron chi connectivity index (χ4n) is 12.2. The highest BCUT2D eigenvalue weighted by atomic mass is 32.2. The number of rotatable bonds is 16. The Bertz CT molecular complexity index is 3800. The number of benzene rings is 2. The van der Waals surface area contributed by atoms with Gasteiger partial charge < -0.3 is 34.6 Å². The number of ketones is 1. The quantitative estimate of drug-likeness (QED) is 0.0771. The Morgan fingerprint density at radius 3 is 2.58 bits per heavy atom. The molecule has 0 radical (unpaired) electrons. The van der Waals surface area contributed by atoms with Crippen molar-refractivity contribution >= 4 is 55.5 Å². The van der Waals surface area contributed by atoms with Crippen LogP contribution in [0, 0.1) is 36.3 Å². The van der Waals surface area contributed by atoms with Gasteiger partial charge in [-0.15, -0.1) is 11.3 Å². The molecule has 2 aromatic carbocycles. The molecule has 7 aromatic rings. The molecule has 2 fully saturated rings. The number of nitrogens with one attached hydrogen (secondary N) is 3. The number of sulfone groups is 1. The first-order valence-electron chi connectivity index (χ1n) is 26.3. The van der Waals surface area contributed by atoms with Crippen molar-refractivity contribution in [1.82, 2.24) is 40.2 Å². The Hall–Kier alpha value is -7.27. The minimum absolute atomic E-state index is 0.0710. The van der Waals surface area contributed by atoms with Crippen LogP contribution in [0.3, 0.4) is 0 Å². The van der Waals surface area contributed by atoms with Crippen molar-refractivity contribution < 1.29 is 45.9 Å². The van der Waals surface area contributed by atoms with Crippen LogP contribution in [-0.4, -0.2) is 111 Å². The fourth-order valence-corrected chi connectivity index (χ4v) is 13.8. The van der Waals surface area contributed by atoms with Gasteiger partial charge >= 0.3 is 0 Å². The fraction of sp³-hybridized carbons (Fsp3) is 0.404. The SMILES string of the molecule is Cc1ncsc1-c1ccc([C@]2(C)NC([C@@H]3C[C@@H](O)CC3C(=O)[C@@H](c3cc(OCCN4CC[C@H](NC(=O)c5cc6c(cc5CS(C)(=O)=O)-c5cn(C)c(=O)c7[nH]cc(c57)CC6c5ncc(F)cc5F)C4)no3)C(C)C)=NC2=O)cc1. The number of thiazole rings is 1. The molecule has 412 valence electrons. The number of halogens is 2. The summed E-state index contributed by atoms with van der Waals surface area (Å²) in [5.41, 5.74) is 5.70. The summed E-state index contributed by atoms with van der Waals surface area (Å²) in [5.74, 6) is -5.46. The number of H-pyrrole nitrogens is 1. The molecule has 1 saturated carbocycles. The second kappa shape index (κ2) is 20.8. The number of aryl methyl sites for hydroxylation is 2. The molecule has 2 amide bonds. The zero-order valence-electron chi connectivity index (χ0n) is 44.3. The molecule has 79 heavy (non-hydrogen) atoms. The first-order valence-corrected chi connectivity index (χ1v) is 29.2. The number of hydrogen-bond acceptors (Lipinski definition) is 15. The Morgan fingerprint density at radius 1 is 1.08 bits per heavy atom. The van der Waals surface area contributed by atoms with Gasteiger partial charge in [0.15, 0.2) is 15.6 Å². The van der Waals surface area contributed by atoms with E-state index in [0.29, 0.717) is 70.8 Å². The van der Waals surface area contributed by atoms with Gasteiger partial charge in [-0.05, 0) is 96.1 Å².